The molecule has 0 unspecified atom stereocenters. The number of hydrogen-bond donors (Lipinski definition) is 0. The van der Waals surface area contributed by atoms with Gasteiger partial charge in [-0.25, -0.2) is 0 Å². The maximum Gasteiger partial charge on any atom is 0.136 e. The van der Waals surface area contributed by atoms with Crippen LogP contribution in [0.5, 0.6) is 0 Å². The number of rotatable bonds is 2. The highest BCUT2D eigenvalue weighted by atomic mass is 16.3. The van der Waals surface area contributed by atoms with Crippen molar-refractivity contribution in [2.24, 2.45) is 0 Å². The molecule has 2 aromatic heterocycles. The molecule has 0 saturated heterocycles. The normalized spacial score (nSPS) is 12.1. The van der Waals surface area contributed by atoms with E-state index in [1.165, 1.54) is 54.2 Å². The molecule has 10 aromatic rings. The summed E-state index contributed by atoms with van der Waals surface area (Å²) in [5.74, 6) is 0.883. The van der Waals surface area contributed by atoms with Gasteiger partial charge in [-0.2, -0.15) is 0 Å². The van der Waals surface area contributed by atoms with Crippen LogP contribution in [0.4, 0.5) is 0 Å². The molecule has 0 aliphatic rings. The van der Waals surface area contributed by atoms with E-state index >= 15 is 0 Å². The molecule has 10 rings (SSSR count). The lowest BCUT2D eigenvalue weighted by atomic mass is 9.86. The summed E-state index contributed by atoms with van der Waals surface area (Å²) in [4.78, 5) is 0. The molecular formula is C42H24O2. The Morgan fingerprint density at radius 1 is 0.318 bits per heavy atom. The number of furan rings is 2. The number of benzene rings is 8. The first kappa shape index (κ1) is 23.7. The van der Waals surface area contributed by atoms with Gasteiger partial charge in [0.2, 0.25) is 0 Å². The van der Waals surface area contributed by atoms with Crippen molar-refractivity contribution >= 4 is 76.0 Å². The van der Waals surface area contributed by atoms with Crippen LogP contribution in [-0.2, 0) is 0 Å². The summed E-state index contributed by atoms with van der Waals surface area (Å²) in [6, 6.07) is 51.8. The van der Waals surface area contributed by atoms with Crippen LogP contribution in [0.15, 0.2) is 154 Å². The highest BCUT2D eigenvalue weighted by Gasteiger charge is 2.22. The molecule has 204 valence electrons. The van der Waals surface area contributed by atoms with Crippen LogP contribution in [0.2, 0.25) is 0 Å². The average molecular weight is 561 g/mol. The van der Waals surface area contributed by atoms with Crippen molar-refractivity contribution in [2.45, 2.75) is 0 Å². The molecule has 44 heavy (non-hydrogen) atoms. The maximum absolute atomic E-state index is 6.67. The second-order valence-corrected chi connectivity index (χ2v) is 11.6. The van der Waals surface area contributed by atoms with E-state index in [9.17, 15) is 0 Å². The Kier molecular flexibility index (Phi) is 4.75. The Hall–Kier alpha value is -5.86. The van der Waals surface area contributed by atoms with Gasteiger partial charge >= 0.3 is 0 Å². The van der Waals surface area contributed by atoms with Crippen LogP contribution in [0.25, 0.3) is 98.4 Å². The minimum Gasteiger partial charge on any atom is -0.456 e. The van der Waals surface area contributed by atoms with Gasteiger partial charge in [0, 0.05) is 21.7 Å². The lowest BCUT2D eigenvalue weighted by molar-refractivity contribution is 0.633. The second kappa shape index (κ2) is 8.82. The molecule has 2 heterocycles. The van der Waals surface area contributed by atoms with E-state index in [-0.39, 0.29) is 0 Å². The highest BCUT2D eigenvalue weighted by Crippen LogP contribution is 2.48. The van der Waals surface area contributed by atoms with E-state index in [1.807, 2.05) is 0 Å². The molecule has 0 N–H and O–H groups in total. The largest absolute Gasteiger partial charge is 0.456 e. The zero-order valence-corrected chi connectivity index (χ0v) is 23.7. The standard InChI is InChI=1S/C42H24O2/c1-2-12-27-23-38-35(22-26(27)11-1)42-33(18-9-19-37(42)44-38)40-29-14-5-7-16-31(29)41(32-17-8-6-15-30(32)40)39-24-34-28-13-4-3-10-25(28)20-21-36(34)43-39/h1-24H. The van der Waals surface area contributed by atoms with Gasteiger partial charge in [-0.15, -0.1) is 0 Å². The predicted octanol–water partition coefficient (Wildman–Crippen LogP) is 12.3. The minimum atomic E-state index is 0.883. The van der Waals surface area contributed by atoms with E-state index in [0.29, 0.717) is 0 Å². The fourth-order valence-electron chi connectivity index (χ4n) is 7.32. The van der Waals surface area contributed by atoms with Gasteiger partial charge in [0.05, 0.1) is 0 Å². The molecule has 0 amide bonds. The molecule has 0 atom stereocenters. The van der Waals surface area contributed by atoms with Crippen LogP contribution in [0, 0.1) is 0 Å². The second-order valence-electron chi connectivity index (χ2n) is 11.6. The topological polar surface area (TPSA) is 26.3 Å². The monoisotopic (exact) mass is 560 g/mol. The first-order chi connectivity index (χ1) is 21.8. The lowest BCUT2D eigenvalue weighted by Crippen LogP contribution is -1.90. The molecule has 0 aliphatic carbocycles. The van der Waals surface area contributed by atoms with Crippen molar-refractivity contribution in [1.82, 2.24) is 0 Å². The summed E-state index contributed by atoms with van der Waals surface area (Å²) in [6.45, 7) is 0. The quantitative estimate of drug-likeness (QED) is 0.197. The molecule has 0 fully saturated rings. The van der Waals surface area contributed by atoms with E-state index in [4.69, 9.17) is 8.83 Å². The van der Waals surface area contributed by atoms with Gasteiger partial charge in [-0.1, -0.05) is 115 Å². The van der Waals surface area contributed by atoms with Gasteiger partial charge in [0.25, 0.3) is 0 Å². The van der Waals surface area contributed by atoms with Crippen LogP contribution >= 0.6 is 0 Å². The van der Waals surface area contributed by atoms with Gasteiger partial charge in [-0.3, -0.25) is 0 Å². The van der Waals surface area contributed by atoms with Crippen molar-refractivity contribution in [3.05, 3.63) is 146 Å². The number of hydrogen-bond acceptors (Lipinski definition) is 2. The average Bonchev–Trinajstić information content (AvgIpc) is 3.67. The molecule has 0 bridgehead atoms. The smallest absolute Gasteiger partial charge is 0.136 e. The van der Waals surface area contributed by atoms with E-state index in [1.54, 1.807) is 0 Å². The van der Waals surface area contributed by atoms with Crippen LogP contribution in [-0.4, -0.2) is 0 Å². The van der Waals surface area contributed by atoms with Gasteiger partial charge in [0.15, 0.2) is 0 Å². The van der Waals surface area contributed by atoms with Crippen molar-refractivity contribution in [1.29, 1.82) is 0 Å². The molecule has 0 saturated carbocycles. The first-order valence-electron chi connectivity index (χ1n) is 15.0. The Bertz CT molecular complexity index is 2720. The Labute approximate surface area is 252 Å². The summed E-state index contributed by atoms with van der Waals surface area (Å²) >= 11 is 0. The molecule has 0 radical (unpaired) electrons. The van der Waals surface area contributed by atoms with Crippen molar-refractivity contribution in [3.8, 4) is 22.5 Å². The SMILES string of the molecule is c1ccc2cc3c(cc2c1)oc1cccc(-c2c4ccccc4c(-c4cc5c(ccc6ccccc65)o4)c4ccccc24)c13. The molecule has 2 nitrogen and oxygen atoms in total. The summed E-state index contributed by atoms with van der Waals surface area (Å²) in [5.41, 5.74) is 6.21. The van der Waals surface area contributed by atoms with Gasteiger partial charge in [-0.05, 0) is 84.5 Å². The zero-order valence-electron chi connectivity index (χ0n) is 23.7. The third kappa shape index (κ3) is 3.25. The third-order valence-electron chi connectivity index (χ3n) is 9.24. The summed E-state index contributed by atoms with van der Waals surface area (Å²) in [6.07, 6.45) is 0. The Morgan fingerprint density at radius 2 is 0.932 bits per heavy atom. The van der Waals surface area contributed by atoms with Gasteiger partial charge < -0.3 is 8.83 Å². The first-order valence-corrected chi connectivity index (χ1v) is 15.0. The summed E-state index contributed by atoms with van der Waals surface area (Å²) in [5, 5.41) is 12.9. The predicted molar refractivity (Wildman–Crippen MR) is 184 cm³/mol. The summed E-state index contributed by atoms with van der Waals surface area (Å²) < 4.78 is 13.2. The van der Waals surface area contributed by atoms with Crippen molar-refractivity contribution in [2.75, 3.05) is 0 Å². The van der Waals surface area contributed by atoms with Crippen molar-refractivity contribution in [3.63, 3.8) is 0 Å². The molecular weight excluding hydrogens is 536 g/mol. The molecule has 0 aliphatic heterocycles. The lowest BCUT2D eigenvalue weighted by Gasteiger charge is -2.17. The molecule has 8 aromatic carbocycles. The third-order valence-corrected chi connectivity index (χ3v) is 9.24. The van der Waals surface area contributed by atoms with E-state index in [0.717, 1.165) is 44.2 Å². The van der Waals surface area contributed by atoms with Crippen LogP contribution in [0.1, 0.15) is 0 Å². The fourth-order valence-corrected chi connectivity index (χ4v) is 7.32. The fraction of sp³-hybridized carbons (Fsp3) is 0. The summed E-state index contributed by atoms with van der Waals surface area (Å²) in [7, 11) is 0. The Morgan fingerprint density at radius 3 is 1.66 bits per heavy atom. The maximum atomic E-state index is 6.67. The zero-order chi connectivity index (χ0) is 28.8. The van der Waals surface area contributed by atoms with Crippen LogP contribution in [0.3, 0.4) is 0 Å². The highest BCUT2D eigenvalue weighted by molar-refractivity contribution is 6.26. The Balaban J connectivity index is 1.33. The van der Waals surface area contributed by atoms with Crippen molar-refractivity contribution < 1.29 is 8.83 Å². The van der Waals surface area contributed by atoms with Gasteiger partial charge in [0.1, 0.15) is 22.5 Å². The van der Waals surface area contributed by atoms with E-state index < -0.39 is 0 Å². The molecule has 2 heteroatoms. The van der Waals surface area contributed by atoms with E-state index in [2.05, 4.69) is 146 Å². The van der Waals surface area contributed by atoms with Crippen LogP contribution < -0.4 is 0 Å². The minimum absolute atomic E-state index is 0.883. The molecule has 0 spiro atoms. The number of fused-ring (bicyclic) bond motifs is 9.